The van der Waals surface area contributed by atoms with Gasteiger partial charge in [0, 0.05) is 6.04 Å². The number of carbonyl (C=O) groups is 1. The van der Waals surface area contributed by atoms with Crippen molar-refractivity contribution in [3.8, 4) is 0 Å². The van der Waals surface area contributed by atoms with Crippen molar-refractivity contribution in [2.75, 3.05) is 0 Å². The lowest BCUT2D eigenvalue weighted by molar-refractivity contribution is -0.126. The topological polar surface area (TPSA) is 55.1 Å². The van der Waals surface area contributed by atoms with Crippen LogP contribution in [-0.4, -0.2) is 17.5 Å². The highest BCUT2D eigenvalue weighted by Gasteiger charge is 2.38. The molecule has 0 aromatic heterocycles. The summed E-state index contributed by atoms with van der Waals surface area (Å²) in [6.07, 6.45) is 0.734. The van der Waals surface area contributed by atoms with Gasteiger partial charge in [0.05, 0.1) is 5.54 Å². The molecule has 0 radical (unpaired) electrons. The molecule has 3 nitrogen and oxygen atoms in total. The van der Waals surface area contributed by atoms with Crippen LogP contribution in [0.25, 0.3) is 0 Å². The second kappa shape index (κ2) is 4.61. The van der Waals surface area contributed by atoms with E-state index >= 15 is 0 Å². The Morgan fingerprint density at radius 2 is 1.85 bits per heavy atom. The van der Waals surface area contributed by atoms with Gasteiger partial charge in [-0.25, -0.2) is 0 Å². The molecule has 0 aromatic rings. The molecule has 0 rings (SSSR count). The van der Waals surface area contributed by atoms with Crippen molar-refractivity contribution in [1.29, 1.82) is 0 Å². The minimum absolute atomic E-state index is 0.220. The van der Waals surface area contributed by atoms with Crippen LogP contribution in [0.4, 0.5) is 0 Å². The van der Waals surface area contributed by atoms with Crippen LogP contribution < -0.4 is 11.1 Å². The third-order valence-corrected chi connectivity index (χ3v) is 2.53. The number of nitrogens with two attached hydrogens (primary N) is 1. The van der Waals surface area contributed by atoms with Gasteiger partial charge in [-0.15, -0.1) is 0 Å². The first-order valence-corrected chi connectivity index (χ1v) is 4.94. The Morgan fingerprint density at radius 3 is 1.92 bits per heavy atom. The maximum atomic E-state index is 11.4. The van der Waals surface area contributed by atoms with Gasteiger partial charge in [0.2, 0.25) is 5.91 Å². The van der Waals surface area contributed by atoms with E-state index in [2.05, 4.69) is 5.32 Å². The van der Waals surface area contributed by atoms with Gasteiger partial charge >= 0.3 is 0 Å². The number of primary amides is 1. The summed E-state index contributed by atoms with van der Waals surface area (Å²) >= 11 is 0. The minimum Gasteiger partial charge on any atom is -0.368 e. The Balaban J connectivity index is 4.76. The molecule has 0 aromatic carbocycles. The van der Waals surface area contributed by atoms with E-state index in [9.17, 15) is 4.79 Å². The summed E-state index contributed by atoms with van der Waals surface area (Å²) in [4.78, 5) is 11.4. The molecule has 0 saturated heterocycles. The first kappa shape index (κ1) is 12.4. The first-order chi connectivity index (χ1) is 5.86. The van der Waals surface area contributed by atoms with E-state index in [1.807, 2.05) is 34.6 Å². The van der Waals surface area contributed by atoms with Gasteiger partial charge in [-0.1, -0.05) is 20.8 Å². The average molecular weight is 186 g/mol. The number of amides is 1. The zero-order valence-electron chi connectivity index (χ0n) is 9.35. The van der Waals surface area contributed by atoms with Crippen molar-refractivity contribution in [1.82, 2.24) is 5.32 Å². The predicted molar refractivity (Wildman–Crippen MR) is 55.3 cm³/mol. The van der Waals surface area contributed by atoms with Gasteiger partial charge in [-0.2, -0.15) is 0 Å². The van der Waals surface area contributed by atoms with Crippen molar-refractivity contribution in [3.63, 3.8) is 0 Å². The standard InChI is InChI=1S/C10H22N2O/c1-6-10(7(2)3,9(11)13)12-8(4)5/h7-8,12H,6H2,1-5H3,(H2,11,13). The maximum absolute atomic E-state index is 11.4. The van der Waals surface area contributed by atoms with Gasteiger partial charge < -0.3 is 11.1 Å². The van der Waals surface area contributed by atoms with Crippen molar-refractivity contribution in [2.24, 2.45) is 11.7 Å². The summed E-state index contributed by atoms with van der Waals surface area (Å²) in [5.41, 5.74) is 4.88. The molecule has 0 aliphatic rings. The predicted octanol–water partition coefficient (Wildman–Crippen LogP) is 1.27. The minimum atomic E-state index is -0.547. The number of carbonyl (C=O) groups excluding carboxylic acids is 1. The number of hydrogen-bond acceptors (Lipinski definition) is 2. The molecule has 0 fully saturated rings. The fraction of sp³-hybridized carbons (Fsp3) is 0.900. The summed E-state index contributed by atoms with van der Waals surface area (Å²) in [5.74, 6) is -0.0314. The van der Waals surface area contributed by atoms with Gasteiger partial charge in [0.15, 0.2) is 0 Å². The highest BCUT2D eigenvalue weighted by atomic mass is 16.1. The molecule has 0 spiro atoms. The molecule has 0 aliphatic carbocycles. The molecule has 0 aliphatic heterocycles. The Labute approximate surface area is 81.1 Å². The summed E-state index contributed by atoms with van der Waals surface area (Å²) in [5, 5.41) is 3.27. The number of nitrogens with one attached hydrogen (secondary N) is 1. The fourth-order valence-electron chi connectivity index (χ4n) is 1.72. The quantitative estimate of drug-likeness (QED) is 0.679. The van der Waals surface area contributed by atoms with Crippen LogP contribution in [0.15, 0.2) is 0 Å². The molecule has 1 amide bonds. The van der Waals surface area contributed by atoms with Crippen LogP contribution in [0.3, 0.4) is 0 Å². The van der Waals surface area contributed by atoms with Crippen LogP contribution in [0.5, 0.6) is 0 Å². The van der Waals surface area contributed by atoms with E-state index in [1.54, 1.807) is 0 Å². The molecule has 13 heavy (non-hydrogen) atoms. The van der Waals surface area contributed by atoms with E-state index < -0.39 is 5.54 Å². The molecule has 0 saturated carbocycles. The van der Waals surface area contributed by atoms with Gasteiger partial charge in [0.25, 0.3) is 0 Å². The van der Waals surface area contributed by atoms with Crippen molar-refractivity contribution >= 4 is 5.91 Å². The lowest BCUT2D eigenvalue weighted by Crippen LogP contribution is -2.60. The van der Waals surface area contributed by atoms with E-state index in [1.165, 1.54) is 0 Å². The monoisotopic (exact) mass is 186 g/mol. The fourth-order valence-corrected chi connectivity index (χ4v) is 1.72. The summed E-state index contributed by atoms with van der Waals surface area (Å²) in [6, 6.07) is 0.273. The highest BCUT2D eigenvalue weighted by Crippen LogP contribution is 2.21. The van der Waals surface area contributed by atoms with E-state index in [-0.39, 0.29) is 17.9 Å². The Kier molecular flexibility index (Phi) is 4.40. The Bertz CT molecular complexity index is 178. The molecule has 3 heteroatoms. The molecule has 1 atom stereocenters. The van der Waals surface area contributed by atoms with Crippen LogP contribution in [-0.2, 0) is 4.79 Å². The van der Waals surface area contributed by atoms with Crippen molar-refractivity contribution in [2.45, 2.75) is 52.6 Å². The van der Waals surface area contributed by atoms with E-state index in [0.29, 0.717) is 0 Å². The van der Waals surface area contributed by atoms with Crippen molar-refractivity contribution in [3.05, 3.63) is 0 Å². The molecular weight excluding hydrogens is 164 g/mol. The molecule has 3 N–H and O–H groups in total. The lowest BCUT2D eigenvalue weighted by atomic mass is 9.82. The highest BCUT2D eigenvalue weighted by molar-refractivity contribution is 5.85. The summed E-state index contributed by atoms with van der Waals surface area (Å²) < 4.78 is 0. The van der Waals surface area contributed by atoms with Crippen LogP contribution in [0, 0.1) is 5.92 Å². The summed E-state index contributed by atoms with van der Waals surface area (Å²) in [6.45, 7) is 10.1. The van der Waals surface area contributed by atoms with Gasteiger partial charge in [-0.05, 0) is 26.2 Å². The van der Waals surface area contributed by atoms with Crippen LogP contribution >= 0.6 is 0 Å². The van der Waals surface area contributed by atoms with Crippen molar-refractivity contribution < 1.29 is 4.79 Å². The summed E-state index contributed by atoms with van der Waals surface area (Å²) in [7, 11) is 0. The molecule has 0 bridgehead atoms. The van der Waals surface area contributed by atoms with Gasteiger partial charge in [-0.3, -0.25) is 4.79 Å². The number of hydrogen-bond donors (Lipinski definition) is 2. The molecule has 1 unspecified atom stereocenters. The first-order valence-electron chi connectivity index (χ1n) is 4.94. The van der Waals surface area contributed by atoms with Crippen LogP contribution in [0.1, 0.15) is 41.0 Å². The molecule has 78 valence electrons. The Morgan fingerprint density at radius 1 is 1.38 bits per heavy atom. The van der Waals surface area contributed by atoms with E-state index in [4.69, 9.17) is 5.73 Å². The zero-order chi connectivity index (χ0) is 10.6. The zero-order valence-corrected chi connectivity index (χ0v) is 9.35. The third kappa shape index (κ3) is 2.69. The lowest BCUT2D eigenvalue weighted by Gasteiger charge is -2.36. The smallest absolute Gasteiger partial charge is 0.237 e. The average Bonchev–Trinajstić information content (AvgIpc) is 1.98. The van der Waals surface area contributed by atoms with Crippen LogP contribution in [0.2, 0.25) is 0 Å². The maximum Gasteiger partial charge on any atom is 0.237 e. The third-order valence-electron chi connectivity index (χ3n) is 2.53. The van der Waals surface area contributed by atoms with E-state index in [0.717, 1.165) is 6.42 Å². The largest absolute Gasteiger partial charge is 0.368 e. The van der Waals surface area contributed by atoms with Gasteiger partial charge in [0.1, 0.15) is 0 Å². The number of rotatable bonds is 5. The SMILES string of the molecule is CCC(NC(C)C)(C(N)=O)C(C)C. The Hall–Kier alpha value is -0.570. The second-order valence-electron chi connectivity index (χ2n) is 4.14. The normalized spacial score (nSPS) is 16.2. The molecular formula is C10H22N2O. The molecule has 0 heterocycles. The second-order valence-corrected chi connectivity index (χ2v) is 4.14.